The van der Waals surface area contributed by atoms with E-state index in [1.807, 2.05) is 42.6 Å². The highest BCUT2D eigenvalue weighted by atomic mass is 32.1. The molecule has 0 fully saturated rings. The Bertz CT molecular complexity index is 808. The molecule has 0 bridgehead atoms. The largest absolute Gasteiger partial charge is 0.394 e. The number of thiazole rings is 1. The van der Waals surface area contributed by atoms with E-state index >= 15 is 0 Å². The molecule has 2 aromatic heterocycles. The van der Waals surface area contributed by atoms with E-state index in [0.717, 1.165) is 10.6 Å². The van der Waals surface area contributed by atoms with Crippen molar-refractivity contribution in [3.63, 3.8) is 0 Å². The molecule has 0 unspecified atom stereocenters. The van der Waals surface area contributed by atoms with E-state index in [1.165, 1.54) is 11.3 Å². The van der Waals surface area contributed by atoms with E-state index in [9.17, 15) is 4.79 Å². The van der Waals surface area contributed by atoms with Gasteiger partial charge in [-0.05, 0) is 6.92 Å². The van der Waals surface area contributed by atoms with E-state index in [0.29, 0.717) is 17.0 Å². The fraction of sp³-hybridized carbons (Fsp3) is 0.0714. The smallest absolute Gasteiger partial charge is 0.288 e. The van der Waals surface area contributed by atoms with Gasteiger partial charge < -0.3 is 5.73 Å². The molecule has 2 heterocycles. The first-order valence-electron chi connectivity index (χ1n) is 6.03. The van der Waals surface area contributed by atoms with Crippen molar-refractivity contribution in [3.05, 3.63) is 51.1 Å². The van der Waals surface area contributed by atoms with Crippen molar-refractivity contribution in [2.24, 2.45) is 0 Å². The van der Waals surface area contributed by atoms with E-state index in [1.54, 1.807) is 0 Å². The summed E-state index contributed by atoms with van der Waals surface area (Å²) in [6.45, 7) is 1.91. The average molecular weight is 284 g/mol. The molecule has 0 atom stereocenters. The fourth-order valence-electron chi connectivity index (χ4n) is 2.01. The third-order valence-corrected chi connectivity index (χ3v) is 3.72. The number of aromatic nitrogens is 3. The summed E-state index contributed by atoms with van der Waals surface area (Å²) in [7, 11) is 0. The van der Waals surface area contributed by atoms with E-state index in [-0.39, 0.29) is 5.69 Å². The molecule has 0 amide bonds. The van der Waals surface area contributed by atoms with Gasteiger partial charge in [-0.3, -0.25) is 4.79 Å². The summed E-state index contributed by atoms with van der Waals surface area (Å²) in [6, 6.07) is 9.58. The van der Waals surface area contributed by atoms with Gasteiger partial charge in [0, 0.05) is 10.9 Å². The number of rotatable bonds is 2. The zero-order valence-electron chi connectivity index (χ0n) is 10.8. The Morgan fingerprint density at radius 1 is 1.25 bits per heavy atom. The molecule has 100 valence electrons. The predicted octanol–water partition coefficient (Wildman–Crippen LogP) is 2.45. The summed E-state index contributed by atoms with van der Waals surface area (Å²) in [4.78, 5) is 16.2. The maximum Gasteiger partial charge on any atom is 0.288 e. The first-order valence-corrected chi connectivity index (χ1v) is 6.91. The number of anilines is 1. The third kappa shape index (κ3) is 2.10. The monoisotopic (exact) mass is 284 g/mol. The molecular weight excluding hydrogens is 272 g/mol. The van der Waals surface area contributed by atoms with Crippen LogP contribution < -0.4 is 11.3 Å². The van der Waals surface area contributed by atoms with Crippen LogP contribution in [-0.4, -0.2) is 15.2 Å². The van der Waals surface area contributed by atoms with Crippen LogP contribution >= 0.6 is 11.3 Å². The molecule has 3 rings (SSSR count). The van der Waals surface area contributed by atoms with Crippen LogP contribution in [0.25, 0.3) is 22.5 Å². The van der Waals surface area contributed by atoms with Crippen molar-refractivity contribution < 1.29 is 0 Å². The molecule has 20 heavy (non-hydrogen) atoms. The third-order valence-electron chi connectivity index (χ3n) is 2.94. The first-order chi connectivity index (χ1) is 9.66. The molecular formula is C14H12N4OS. The lowest BCUT2D eigenvalue weighted by molar-refractivity contribution is 1.000. The van der Waals surface area contributed by atoms with Gasteiger partial charge >= 0.3 is 0 Å². The van der Waals surface area contributed by atoms with Crippen LogP contribution in [0, 0.1) is 6.92 Å². The van der Waals surface area contributed by atoms with Crippen LogP contribution in [-0.2, 0) is 0 Å². The van der Waals surface area contributed by atoms with Crippen molar-refractivity contribution in [1.29, 1.82) is 0 Å². The van der Waals surface area contributed by atoms with Crippen molar-refractivity contribution in [1.82, 2.24) is 15.2 Å². The topological polar surface area (TPSA) is 84.7 Å². The second-order valence-corrected chi connectivity index (χ2v) is 5.37. The molecule has 1 aromatic carbocycles. The number of hydrogen-bond acceptors (Lipinski definition) is 5. The Balaban J connectivity index is 2.31. The molecule has 3 N–H and O–H groups in total. The fourth-order valence-corrected chi connectivity index (χ4v) is 2.61. The molecule has 0 saturated carbocycles. The van der Waals surface area contributed by atoms with Gasteiger partial charge in [0.15, 0.2) is 0 Å². The standard InChI is InChI=1S/C14H12N4OS/c1-8-16-10(7-20-8)11-12(15)14(19)18-17-13(11)9-5-3-2-4-6-9/h2-7H,1H3,(H2,15,17)(H,18,19). The molecule has 3 aromatic rings. The number of nitrogens with two attached hydrogens (primary N) is 1. The molecule has 0 aliphatic carbocycles. The number of nitrogen functional groups attached to an aromatic ring is 1. The maximum absolute atomic E-state index is 11.7. The second-order valence-electron chi connectivity index (χ2n) is 4.31. The highest BCUT2D eigenvalue weighted by molar-refractivity contribution is 7.09. The Hall–Kier alpha value is -2.47. The zero-order chi connectivity index (χ0) is 14.1. The van der Waals surface area contributed by atoms with Gasteiger partial charge in [0.2, 0.25) is 0 Å². The minimum atomic E-state index is -0.398. The number of benzene rings is 1. The minimum absolute atomic E-state index is 0.143. The predicted molar refractivity (Wildman–Crippen MR) is 80.6 cm³/mol. The Kier molecular flexibility index (Phi) is 3.08. The van der Waals surface area contributed by atoms with Gasteiger partial charge in [-0.25, -0.2) is 10.1 Å². The van der Waals surface area contributed by atoms with Crippen LogP contribution in [0.3, 0.4) is 0 Å². The van der Waals surface area contributed by atoms with Gasteiger partial charge in [-0.2, -0.15) is 5.10 Å². The summed E-state index contributed by atoms with van der Waals surface area (Å²) in [6.07, 6.45) is 0. The highest BCUT2D eigenvalue weighted by Gasteiger charge is 2.17. The van der Waals surface area contributed by atoms with Crippen LogP contribution in [0.15, 0.2) is 40.5 Å². The van der Waals surface area contributed by atoms with Gasteiger partial charge in [-0.1, -0.05) is 30.3 Å². The number of H-pyrrole nitrogens is 1. The molecule has 0 saturated heterocycles. The Morgan fingerprint density at radius 3 is 2.65 bits per heavy atom. The highest BCUT2D eigenvalue weighted by Crippen LogP contribution is 2.33. The summed E-state index contributed by atoms with van der Waals surface area (Å²) in [5, 5.41) is 9.37. The minimum Gasteiger partial charge on any atom is -0.394 e. The number of nitrogens with one attached hydrogen (secondary N) is 1. The van der Waals surface area contributed by atoms with Crippen LogP contribution in [0.2, 0.25) is 0 Å². The number of hydrogen-bond donors (Lipinski definition) is 2. The SMILES string of the molecule is Cc1nc(-c2c(-c3ccccc3)n[nH]c(=O)c2N)cs1. The van der Waals surface area contributed by atoms with E-state index < -0.39 is 5.56 Å². The number of nitrogens with zero attached hydrogens (tertiary/aromatic N) is 2. The zero-order valence-corrected chi connectivity index (χ0v) is 11.6. The lowest BCUT2D eigenvalue weighted by atomic mass is 10.0. The Morgan fingerprint density at radius 2 is 2.00 bits per heavy atom. The second kappa shape index (κ2) is 4.90. The van der Waals surface area contributed by atoms with Gasteiger partial charge in [0.1, 0.15) is 11.4 Å². The van der Waals surface area contributed by atoms with Gasteiger partial charge in [-0.15, -0.1) is 11.3 Å². The molecule has 0 spiro atoms. The van der Waals surface area contributed by atoms with Crippen LogP contribution in [0.1, 0.15) is 5.01 Å². The normalized spacial score (nSPS) is 10.7. The van der Waals surface area contributed by atoms with Crippen molar-refractivity contribution in [2.45, 2.75) is 6.92 Å². The van der Waals surface area contributed by atoms with Gasteiger partial charge in [0.25, 0.3) is 5.56 Å². The van der Waals surface area contributed by atoms with Gasteiger partial charge in [0.05, 0.1) is 16.3 Å². The van der Waals surface area contributed by atoms with Crippen molar-refractivity contribution >= 4 is 17.0 Å². The lowest BCUT2D eigenvalue weighted by Gasteiger charge is -2.08. The maximum atomic E-state index is 11.7. The lowest BCUT2D eigenvalue weighted by Crippen LogP contribution is -2.16. The van der Waals surface area contributed by atoms with E-state index in [2.05, 4.69) is 15.2 Å². The number of aromatic amines is 1. The van der Waals surface area contributed by atoms with Crippen LogP contribution in [0.4, 0.5) is 5.69 Å². The van der Waals surface area contributed by atoms with Crippen molar-refractivity contribution in [2.75, 3.05) is 5.73 Å². The van der Waals surface area contributed by atoms with Crippen molar-refractivity contribution in [3.8, 4) is 22.5 Å². The van der Waals surface area contributed by atoms with Crippen LogP contribution in [0.5, 0.6) is 0 Å². The summed E-state index contributed by atoms with van der Waals surface area (Å²) in [5.74, 6) is 0. The average Bonchev–Trinajstić information content (AvgIpc) is 2.89. The Labute approximate surface area is 119 Å². The summed E-state index contributed by atoms with van der Waals surface area (Å²) < 4.78 is 0. The summed E-state index contributed by atoms with van der Waals surface area (Å²) >= 11 is 1.51. The molecule has 0 aliphatic heterocycles. The molecule has 0 radical (unpaired) electrons. The molecule has 5 nitrogen and oxygen atoms in total. The molecule has 0 aliphatic rings. The molecule has 6 heteroatoms. The van der Waals surface area contributed by atoms with E-state index in [4.69, 9.17) is 5.73 Å². The first kappa shape index (κ1) is 12.6. The quantitative estimate of drug-likeness (QED) is 0.757. The number of aryl methyl sites for hydroxylation is 1. The summed E-state index contributed by atoms with van der Waals surface area (Å²) in [5.41, 5.74) is 8.48.